The van der Waals surface area contributed by atoms with Gasteiger partial charge in [0.1, 0.15) is 0 Å². The van der Waals surface area contributed by atoms with Gasteiger partial charge in [0.2, 0.25) is 0 Å². The molecule has 8 heteroatoms. The number of rotatable bonds is 5. The summed E-state index contributed by atoms with van der Waals surface area (Å²) in [5.41, 5.74) is -0.435. The second-order valence-corrected chi connectivity index (χ2v) is 4.13. The largest absolute Gasteiger partial charge is 0.573 e. The Morgan fingerprint density at radius 1 is 1.47 bits per heavy atom. The monoisotopic (exact) mass is 277 g/mol. The highest BCUT2D eigenvalue weighted by Crippen LogP contribution is 2.32. The van der Waals surface area contributed by atoms with E-state index >= 15 is 0 Å². The van der Waals surface area contributed by atoms with Gasteiger partial charge in [-0.05, 0) is 18.8 Å². The number of carboxylic acid groups (broad SMARTS) is 1. The number of alkyl halides is 3. The number of halogens is 3. The van der Waals surface area contributed by atoms with E-state index in [-0.39, 0.29) is 12.4 Å². The van der Waals surface area contributed by atoms with Crippen molar-refractivity contribution in [1.82, 2.24) is 4.98 Å². The lowest BCUT2D eigenvalue weighted by Gasteiger charge is -2.12. The minimum Gasteiger partial charge on any atom is -0.491 e. The summed E-state index contributed by atoms with van der Waals surface area (Å²) in [7, 11) is 0. The van der Waals surface area contributed by atoms with E-state index in [1.165, 1.54) is 0 Å². The number of nitrogens with zero attached hydrogens (tertiary/aromatic N) is 1. The van der Waals surface area contributed by atoms with E-state index in [1.54, 1.807) is 0 Å². The summed E-state index contributed by atoms with van der Waals surface area (Å²) in [4.78, 5) is 14.3. The Morgan fingerprint density at radius 3 is 2.68 bits per heavy atom. The molecule has 0 aliphatic heterocycles. The van der Waals surface area contributed by atoms with E-state index < -0.39 is 23.8 Å². The average molecular weight is 277 g/mol. The normalized spacial score (nSPS) is 15.1. The van der Waals surface area contributed by atoms with Gasteiger partial charge in [0.15, 0.2) is 17.2 Å². The molecule has 2 rings (SSSR count). The molecule has 1 saturated carbocycles. The van der Waals surface area contributed by atoms with E-state index in [0.29, 0.717) is 12.1 Å². The topological polar surface area (TPSA) is 68.7 Å². The number of hydrogen-bond donors (Lipinski definition) is 1. The molecule has 0 spiro atoms. The molecule has 0 aromatic carbocycles. The highest BCUT2D eigenvalue weighted by Gasteiger charge is 2.32. The molecule has 0 amide bonds. The zero-order valence-corrected chi connectivity index (χ0v) is 9.61. The third-order valence-electron chi connectivity index (χ3n) is 2.44. The third kappa shape index (κ3) is 4.01. The second-order valence-electron chi connectivity index (χ2n) is 4.13. The van der Waals surface area contributed by atoms with Crippen LogP contribution >= 0.6 is 0 Å². The van der Waals surface area contributed by atoms with Crippen LogP contribution in [0.1, 0.15) is 23.3 Å². The summed E-state index contributed by atoms with van der Waals surface area (Å²) >= 11 is 0. The number of hydrogen-bond acceptors (Lipinski definition) is 4. The zero-order chi connectivity index (χ0) is 14.0. The van der Waals surface area contributed by atoms with Crippen LogP contribution in [0.5, 0.6) is 11.5 Å². The quantitative estimate of drug-likeness (QED) is 0.895. The maximum Gasteiger partial charge on any atom is 0.573 e. The summed E-state index contributed by atoms with van der Waals surface area (Å²) in [5, 5.41) is 8.86. The van der Waals surface area contributed by atoms with Crippen LogP contribution in [-0.2, 0) is 0 Å². The molecule has 0 unspecified atom stereocenters. The molecule has 1 aromatic rings. The molecular formula is C11H10F3NO4. The second kappa shape index (κ2) is 4.94. The van der Waals surface area contributed by atoms with Gasteiger partial charge in [-0.25, -0.2) is 9.78 Å². The lowest BCUT2D eigenvalue weighted by molar-refractivity contribution is -0.274. The van der Waals surface area contributed by atoms with Gasteiger partial charge >= 0.3 is 12.3 Å². The number of aromatic carboxylic acids is 1. The predicted octanol–water partition coefficient (Wildman–Crippen LogP) is 2.47. The minimum atomic E-state index is -4.86. The number of carbonyl (C=O) groups is 1. The van der Waals surface area contributed by atoms with Crippen LogP contribution in [-0.4, -0.2) is 29.0 Å². The van der Waals surface area contributed by atoms with Gasteiger partial charge in [-0.3, -0.25) is 0 Å². The summed E-state index contributed by atoms with van der Waals surface area (Å²) in [6, 6.07) is 0.881. The molecule has 0 saturated heterocycles. The zero-order valence-electron chi connectivity index (χ0n) is 9.61. The van der Waals surface area contributed by atoms with Crippen molar-refractivity contribution < 1.29 is 32.5 Å². The fraction of sp³-hybridized carbons (Fsp3) is 0.455. The Bertz CT molecular complexity index is 485. The van der Waals surface area contributed by atoms with Crippen LogP contribution in [0.25, 0.3) is 0 Å². The van der Waals surface area contributed by atoms with Crippen LogP contribution < -0.4 is 9.47 Å². The molecule has 104 valence electrons. The Kier molecular flexibility index (Phi) is 3.50. The molecular weight excluding hydrogens is 267 g/mol. The van der Waals surface area contributed by atoms with Crippen molar-refractivity contribution in [3.05, 3.63) is 18.0 Å². The van der Waals surface area contributed by atoms with E-state index in [2.05, 4.69) is 9.72 Å². The first kappa shape index (κ1) is 13.4. The van der Waals surface area contributed by atoms with Crippen molar-refractivity contribution in [3.63, 3.8) is 0 Å². The molecule has 0 radical (unpaired) electrons. The maximum absolute atomic E-state index is 12.0. The maximum atomic E-state index is 12.0. The average Bonchev–Trinajstić information content (AvgIpc) is 3.07. The van der Waals surface area contributed by atoms with Gasteiger partial charge in [-0.1, -0.05) is 0 Å². The highest BCUT2D eigenvalue weighted by atomic mass is 19.4. The first-order chi connectivity index (χ1) is 8.85. The fourth-order valence-electron chi connectivity index (χ4n) is 1.38. The van der Waals surface area contributed by atoms with E-state index in [4.69, 9.17) is 9.84 Å². The Balaban J connectivity index is 2.18. The van der Waals surface area contributed by atoms with Gasteiger partial charge in [0.05, 0.1) is 12.8 Å². The number of pyridine rings is 1. The van der Waals surface area contributed by atoms with Crippen molar-refractivity contribution in [2.45, 2.75) is 19.2 Å². The van der Waals surface area contributed by atoms with Crippen molar-refractivity contribution in [1.29, 1.82) is 0 Å². The molecule has 19 heavy (non-hydrogen) atoms. The van der Waals surface area contributed by atoms with E-state index in [1.807, 2.05) is 0 Å². The molecule has 1 N–H and O–H groups in total. The molecule has 0 bridgehead atoms. The van der Waals surface area contributed by atoms with Crippen molar-refractivity contribution in [2.24, 2.45) is 5.92 Å². The molecule has 1 heterocycles. The van der Waals surface area contributed by atoms with Crippen LogP contribution in [0.15, 0.2) is 12.3 Å². The van der Waals surface area contributed by atoms with Gasteiger partial charge in [0, 0.05) is 6.07 Å². The van der Waals surface area contributed by atoms with Crippen LogP contribution in [0.2, 0.25) is 0 Å². The SMILES string of the molecule is O=C(O)c1ncc(OC(F)(F)F)cc1OCC1CC1. The Morgan fingerprint density at radius 2 is 2.16 bits per heavy atom. The van der Waals surface area contributed by atoms with Crippen LogP contribution in [0.4, 0.5) is 13.2 Å². The lowest BCUT2D eigenvalue weighted by atomic mass is 10.3. The van der Waals surface area contributed by atoms with Crippen molar-refractivity contribution in [3.8, 4) is 11.5 Å². The highest BCUT2D eigenvalue weighted by molar-refractivity contribution is 5.88. The number of ether oxygens (including phenoxy) is 2. The fourth-order valence-corrected chi connectivity index (χ4v) is 1.38. The van der Waals surface area contributed by atoms with Gasteiger partial charge < -0.3 is 14.6 Å². The first-order valence-electron chi connectivity index (χ1n) is 5.47. The standard InChI is InChI=1S/C11H10F3NO4/c12-11(13,14)19-7-3-8(18-5-6-1-2-6)9(10(16)17)15-4-7/h3-4,6H,1-2,5H2,(H,16,17). The van der Waals surface area contributed by atoms with Crippen LogP contribution in [0, 0.1) is 5.92 Å². The summed E-state index contributed by atoms with van der Waals surface area (Å²) in [6.45, 7) is 0.261. The summed E-state index contributed by atoms with van der Waals surface area (Å²) < 4.78 is 45.0. The molecule has 1 aromatic heterocycles. The Labute approximate surface area is 106 Å². The Hall–Kier alpha value is -1.99. The molecule has 1 fully saturated rings. The molecule has 5 nitrogen and oxygen atoms in total. The van der Waals surface area contributed by atoms with E-state index in [0.717, 1.165) is 18.9 Å². The number of aromatic nitrogens is 1. The predicted molar refractivity (Wildman–Crippen MR) is 56.1 cm³/mol. The van der Waals surface area contributed by atoms with E-state index in [9.17, 15) is 18.0 Å². The van der Waals surface area contributed by atoms with Gasteiger partial charge in [-0.15, -0.1) is 13.2 Å². The first-order valence-corrected chi connectivity index (χ1v) is 5.47. The lowest BCUT2D eigenvalue weighted by Crippen LogP contribution is -2.18. The minimum absolute atomic E-state index is 0.221. The van der Waals surface area contributed by atoms with Gasteiger partial charge in [-0.2, -0.15) is 0 Å². The molecule has 1 aliphatic carbocycles. The smallest absolute Gasteiger partial charge is 0.491 e. The summed E-state index contributed by atoms with van der Waals surface area (Å²) in [5.74, 6) is -1.87. The van der Waals surface area contributed by atoms with Crippen molar-refractivity contribution in [2.75, 3.05) is 6.61 Å². The summed E-state index contributed by atoms with van der Waals surface area (Å²) in [6.07, 6.45) is -2.23. The molecule has 1 aliphatic rings. The number of carboxylic acids is 1. The van der Waals surface area contributed by atoms with Crippen LogP contribution in [0.3, 0.4) is 0 Å². The molecule has 0 atom stereocenters. The van der Waals surface area contributed by atoms with Gasteiger partial charge in [0.25, 0.3) is 0 Å². The van der Waals surface area contributed by atoms with Crippen molar-refractivity contribution >= 4 is 5.97 Å². The third-order valence-corrected chi connectivity index (χ3v) is 2.44.